The molecule has 7 heteroatoms. The highest BCUT2D eigenvalue weighted by Crippen LogP contribution is 2.32. The normalized spacial score (nSPS) is 15.8. The van der Waals surface area contributed by atoms with Gasteiger partial charge in [0.1, 0.15) is 6.04 Å². The van der Waals surface area contributed by atoms with E-state index >= 15 is 0 Å². The number of nitrogens with one attached hydrogen (secondary N) is 1. The van der Waals surface area contributed by atoms with Gasteiger partial charge in [-0.15, -0.1) is 11.3 Å². The Morgan fingerprint density at radius 2 is 2.35 bits per heavy atom. The van der Waals surface area contributed by atoms with Crippen LogP contribution < -0.4 is 5.32 Å². The minimum absolute atomic E-state index is 0.127. The number of carbonyl (C=O) groups excluding carboxylic acids is 1. The van der Waals surface area contributed by atoms with Crippen molar-refractivity contribution in [2.24, 2.45) is 5.92 Å². The molecule has 1 heterocycles. The molecule has 5 nitrogen and oxygen atoms in total. The molecule has 1 aromatic rings. The smallest absolute Gasteiger partial charge is 0.326 e. The summed E-state index contributed by atoms with van der Waals surface area (Å²) < 4.78 is 0. The van der Waals surface area contributed by atoms with Crippen LogP contribution in [-0.4, -0.2) is 33.8 Å². The molecule has 1 fully saturated rings. The topological polar surface area (TPSA) is 79.3 Å². The minimum atomic E-state index is -0.925. The van der Waals surface area contributed by atoms with Gasteiger partial charge in [-0.2, -0.15) is 11.8 Å². The Labute approximate surface area is 126 Å². The first-order valence-corrected chi connectivity index (χ1v) is 8.60. The van der Waals surface area contributed by atoms with Crippen LogP contribution in [0.15, 0.2) is 5.38 Å². The van der Waals surface area contributed by atoms with Gasteiger partial charge in [-0.25, -0.2) is 9.78 Å². The van der Waals surface area contributed by atoms with Gasteiger partial charge >= 0.3 is 5.97 Å². The van der Waals surface area contributed by atoms with Gasteiger partial charge in [0.05, 0.1) is 10.7 Å². The summed E-state index contributed by atoms with van der Waals surface area (Å²) in [4.78, 5) is 27.1. The van der Waals surface area contributed by atoms with Crippen LogP contribution >= 0.6 is 23.1 Å². The summed E-state index contributed by atoms with van der Waals surface area (Å²) in [5.74, 6) is 0.502. The van der Waals surface area contributed by atoms with E-state index in [-0.39, 0.29) is 11.8 Å². The van der Waals surface area contributed by atoms with Gasteiger partial charge in [-0.05, 0) is 25.7 Å². The quantitative estimate of drug-likeness (QED) is 0.718. The first-order chi connectivity index (χ1) is 9.56. The second kappa shape index (κ2) is 7.08. The summed E-state index contributed by atoms with van der Waals surface area (Å²) in [6.07, 6.45) is 2.15. The van der Waals surface area contributed by atoms with Crippen LogP contribution in [0.2, 0.25) is 0 Å². The predicted molar refractivity (Wildman–Crippen MR) is 79.9 cm³/mol. The zero-order chi connectivity index (χ0) is 14.5. The zero-order valence-corrected chi connectivity index (χ0v) is 12.9. The number of hydrogen-bond acceptors (Lipinski definition) is 5. The van der Waals surface area contributed by atoms with Crippen molar-refractivity contribution >= 4 is 35.0 Å². The van der Waals surface area contributed by atoms with Crippen molar-refractivity contribution in [3.63, 3.8) is 0 Å². The SMILES string of the molecule is Cc1nc(CSCCC(=O)NC(C(=O)O)C2CC2)cs1. The van der Waals surface area contributed by atoms with Crippen molar-refractivity contribution in [2.75, 3.05) is 5.75 Å². The van der Waals surface area contributed by atoms with Crippen LogP contribution in [0.3, 0.4) is 0 Å². The monoisotopic (exact) mass is 314 g/mol. The van der Waals surface area contributed by atoms with E-state index < -0.39 is 12.0 Å². The summed E-state index contributed by atoms with van der Waals surface area (Å²) in [5, 5.41) is 14.7. The Balaban J connectivity index is 1.63. The van der Waals surface area contributed by atoms with Gasteiger partial charge in [0.15, 0.2) is 0 Å². The first-order valence-electron chi connectivity index (χ1n) is 6.57. The van der Waals surface area contributed by atoms with Crippen molar-refractivity contribution in [1.82, 2.24) is 10.3 Å². The highest BCUT2D eigenvalue weighted by Gasteiger charge is 2.37. The van der Waals surface area contributed by atoms with E-state index in [1.54, 1.807) is 23.1 Å². The number of thioether (sulfide) groups is 1. The van der Waals surface area contributed by atoms with Crippen LogP contribution in [0.25, 0.3) is 0 Å². The number of thiazole rings is 1. The molecular weight excluding hydrogens is 296 g/mol. The lowest BCUT2D eigenvalue weighted by Gasteiger charge is -2.13. The Hall–Kier alpha value is -1.08. The van der Waals surface area contributed by atoms with Crippen molar-refractivity contribution in [3.8, 4) is 0 Å². The third-order valence-corrected chi connectivity index (χ3v) is 4.88. The fraction of sp³-hybridized carbons (Fsp3) is 0.615. The van der Waals surface area contributed by atoms with E-state index in [1.807, 2.05) is 12.3 Å². The van der Waals surface area contributed by atoms with Crippen LogP contribution in [-0.2, 0) is 15.3 Å². The molecular formula is C13H18N2O3S2. The van der Waals surface area contributed by atoms with Crippen LogP contribution in [0.5, 0.6) is 0 Å². The van der Waals surface area contributed by atoms with Crippen LogP contribution in [0, 0.1) is 12.8 Å². The molecule has 1 atom stereocenters. The standard InChI is InChI=1S/C13H18N2O3S2/c1-8-14-10(7-20-8)6-19-5-4-11(16)15-12(13(17)18)9-2-3-9/h7,9,12H,2-6H2,1H3,(H,15,16)(H,17,18). The third-order valence-electron chi connectivity index (χ3n) is 3.07. The van der Waals surface area contributed by atoms with Gasteiger partial charge in [-0.3, -0.25) is 4.79 Å². The molecule has 2 N–H and O–H groups in total. The molecule has 1 amide bonds. The summed E-state index contributed by atoms with van der Waals surface area (Å²) in [6, 6.07) is -0.700. The second-order valence-corrected chi connectivity index (χ2v) is 7.05. The number of nitrogens with zero attached hydrogens (tertiary/aromatic N) is 1. The van der Waals surface area contributed by atoms with Gasteiger partial charge in [0.2, 0.25) is 5.91 Å². The molecule has 2 rings (SSSR count). The molecule has 20 heavy (non-hydrogen) atoms. The van der Waals surface area contributed by atoms with E-state index in [0.717, 1.165) is 29.3 Å². The molecule has 1 aliphatic rings. The second-order valence-electron chi connectivity index (χ2n) is 4.88. The van der Waals surface area contributed by atoms with Gasteiger partial charge in [-0.1, -0.05) is 0 Å². The highest BCUT2D eigenvalue weighted by molar-refractivity contribution is 7.98. The first kappa shape index (κ1) is 15.3. The maximum atomic E-state index is 11.7. The van der Waals surface area contributed by atoms with Gasteiger partial charge < -0.3 is 10.4 Å². The lowest BCUT2D eigenvalue weighted by molar-refractivity contribution is -0.142. The van der Waals surface area contributed by atoms with Crippen molar-refractivity contribution < 1.29 is 14.7 Å². The summed E-state index contributed by atoms with van der Waals surface area (Å²) in [7, 11) is 0. The van der Waals surface area contributed by atoms with E-state index in [0.29, 0.717) is 12.2 Å². The van der Waals surface area contributed by atoms with Crippen molar-refractivity contribution in [1.29, 1.82) is 0 Å². The fourth-order valence-corrected chi connectivity index (χ4v) is 3.42. The van der Waals surface area contributed by atoms with Crippen LogP contribution in [0.1, 0.15) is 30.0 Å². The Morgan fingerprint density at radius 1 is 1.60 bits per heavy atom. The van der Waals surface area contributed by atoms with E-state index in [1.165, 1.54) is 0 Å². The van der Waals surface area contributed by atoms with Gasteiger partial charge in [0, 0.05) is 23.3 Å². The molecule has 1 aliphatic carbocycles. The lowest BCUT2D eigenvalue weighted by Crippen LogP contribution is -2.42. The maximum Gasteiger partial charge on any atom is 0.326 e. The molecule has 1 aromatic heterocycles. The van der Waals surface area contributed by atoms with Crippen LogP contribution in [0.4, 0.5) is 0 Å². The Bertz CT molecular complexity index is 486. The number of rotatable bonds is 8. The summed E-state index contributed by atoms with van der Waals surface area (Å²) in [6.45, 7) is 1.97. The third kappa shape index (κ3) is 4.79. The van der Waals surface area contributed by atoms with Crippen molar-refractivity contribution in [2.45, 2.75) is 38.0 Å². The molecule has 0 bridgehead atoms. The molecule has 0 saturated heterocycles. The average Bonchev–Trinajstić information content (AvgIpc) is 3.14. The Kier molecular flexibility index (Phi) is 5.42. The zero-order valence-electron chi connectivity index (χ0n) is 11.3. The lowest BCUT2D eigenvalue weighted by atomic mass is 10.2. The fourth-order valence-electron chi connectivity index (χ4n) is 1.87. The Morgan fingerprint density at radius 3 is 2.90 bits per heavy atom. The highest BCUT2D eigenvalue weighted by atomic mass is 32.2. The molecule has 0 spiro atoms. The molecule has 1 unspecified atom stereocenters. The number of hydrogen-bond donors (Lipinski definition) is 2. The molecule has 0 aliphatic heterocycles. The largest absolute Gasteiger partial charge is 0.480 e. The number of aryl methyl sites for hydroxylation is 1. The number of amides is 1. The number of aromatic nitrogens is 1. The molecule has 0 radical (unpaired) electrons. The molecule has 1 saturated carbocycles. The van der Waals surface area contributed by atoms with Gasteiger partial charge in [0.25, 0.3) is 0 Å². The summed E-state index contributed by atoms with van der Waals surface area (Å²) in [5.41, 5.74) is 1.04. The number of carbonyl (C=O) groups is 2. The minimum Gasteiger partial charge on any atom is -0.480 e. The maximum absolute atomic E-state index is 11.7. The number of carboxylic acid groups (broad SMARTS) is 1. The van der Waals surface area contributed by atoms with E-state index in [4.69, 9.17) is 5.11 Å². The number of carboxylic acids is 1. The van der Waals surface area contributed by atoms with Crippen molar-refractivity contribution in [3.05, 3.63) is 16.1 Å². The molecule has 110 valence electrons. The van der Waals surface area contributed by atoms with E-state index in [2.05, 4.69) is 10.3 Å². The predicted octanol–water partition coefficient (Wildman–Crippen LogP) is 2.05. The number of aliphatic carboxylic acids is 1. The average molecular weight is 314 g/mol. The summed E-state index contributed by atoms with van der Waals surface area (Å²) >= 11 is 3.26. The van der Waals surface area contributed by atoms with E-state index in [9.17, 15) is 9.59 Å². The molecule has 0 aromatic carbocycles.